The minimum absolute atomic E-state index is 0.0165. The van der Waals surface area contributed by atoms with E-state index in [2.05, 4.69) is 5.32 Å². The predicted octanol–water partition coefficient (Wildman–Crippen LogP) is 3.57. The average Bonchev–Trinajstić information content (AvgIpc) is 2.78. The predicted molar refractivity (Wildman–Crippen MR) is 116 cm³/mol. The van der Waals surface area contributed by atoms with Crippen LogP contribution in [0.25, 0.3) is 0 Å². The summed E-state index contributed by atoms with van der Waals surface area (Å²) >= 11 is 6.12. The van der Waals surface area contributed by atoms with Crippen LogP contribution in [0, 0.1) is 5.92 Å². The van der Waals surface area contributed by atoms with Crippen molar-refractivity contribution in [2.45, 2.75) is 19.3 Å². The second-order valence-electron chi connectivity index (χ2n) is 7.38. The Bertz CT molecular complexity index is 895. The van der Waals surface area contributed by atoms with Crippen LogP contribution in [0.3, 0.4) is 0 Å². The molecule has 0 aliphatic carbocycles. The van der Waals surface area contributed by atoms with Crippen LogP contribution in [0.2, 0.25) is 5.02 Å². The summed E-state index contributed by atoms with van der Waals surface area (Å²) in [6.07, 6.45) is 1.98. The van der Waals surface area contributed by atoms with E-state index in [-0.39, 0.29) is 18.2 Å². The zero-order chi connectivity index (χ0) is 21.5. The molecule has 160 valence electrons. The first-order valence-electron chi connectivity index (χ1n) is 10.0. The summed E-state index contributed by atoms with van der Waals surface area (Å²) in [5.74, 6) is 1.44. The molecule has 0 atom stereocenters. The Hall–Kier alpha value is -2.73. The average molecular weight is 431 g/mol. The van der Waals surface area contributed by atoms with Crippen LogP contribution in [-0.4, -0.2) is 50.6 Å². The molecule has 3 rings (SSSR count). The van der Waals surface area contributed by atoms with Gasteiger partial charge in [0.15, 0.2) is 11.5 Å². The number of nitrogens with zero attached hydrogens (tertiary/aromatic N) is 1. The summed E-state index contributed by atoms with van der Waals surface area (Å²) in [6.45, 7) is 1.94. The summed E-state index contributed by atoms with van der Waals surface area (Å²) in [4.78, 5) is 26.9. The van der Waals surface area contributed by atoms with Crippen LogP contribution in [0.5, 0.6) is 11.5 Å². The molecule has 1 fully saturated rings. The molecule has 2 amide bonds. The van der Waals surface area contributed by atoms with E-state index < -0.39 is 0 Å². The van der Waals surface area contributed by atoms with E-state index in [1.807, 2.05) is 23.1 Å². The van der Waals surface area contributed by atoms with Gasteiger partial charge in [-0.25, -0.2) is 0 Å². The van der Waals surface area contributed by atoms with Gasteiger partial charge in [-0.1, -0.05) is 29.8 Å². The first-order chi connectivity index (χ1) is 14.5. The molecular weight excluding hydrogens is 404 g/mol. The Morgan fingerprint density at radius 3 is 2.43 bits per heavy atom. The van der Waals surface area contributed by atoms with Crippen molar-refractivity contribution in [3.05, 3.63) is 58.6 Å². The molecule has 2 aromatic carbocycles. The summed E-state index contributed by atoms with van der Waals surface area (Å²) in [5, 5.41) is 3.61. The molecule has 1 heterocycles. The zero-order valence-electron chi connectivity index (χ0n) is 17.3. The van der Waals surface area contributed by atoms with Gasteiger partial charge in [0.25, 0.3) is 5.91 Å². The van der Waals surface area contributed by atoms with Gasteiger partial charge in [0, 0.05) is 30.2 Å². The molecule has 1 N–H and O–H groups in total. The maximum atomic E-state index is 12.8. The van der Waals surface area contributed by atoms with Gasteiger partial charge in [-0.3, -0.25) is 9.59 Å². The minimum Gasteiger partial charge on any atom is -0.493 e. The maximum Gasteiger partial charge on any atom is 0.253 e. The van der Waals surface area contributed by atoms with Crippen LogP contribution >= 0.6 is 11.6 Å². The van der Waals surface area contributed by atoms with Gasteiger partial charge in [-0.05, 0) is 48.6 Å². The first-order valence-corrected chi connectivity index (χ1v) is 10.4. The van der Waals surface area contributed by atoms with E-state index in [4.69, 9.17) is 21.1 Å². The Morgan fingerprint density at radius 2 is 1.77 bits per heavy atom. The molecule has 0 saturated carbocycles. The lowest BCUT2D eigenvalue weighted by molar-refractivity contribution is -0.120. The number of likely N-dealkylation sites (tertiary alicyclic amines) is 1. The second-order valence-corrected chi connectivity index (χ2v) is 7.78. The third-order valence-corrected chi connectivity index (χ3v) is 5.80. The summed E-state index contributed by atoms with van der Waals surface area (Å²) < 4.78 is 10.5. The number of hydrogen-bond acceptors (Lipinski definition) is 4. The SMILES string of the molecule is COc1ccc(C(=O)N2CCC(CNC(=O)Cc3ccccc3Cl)CC2)cc1OC. The lowest BCUT2D eigenvalue weighted by atomic mass is 9.96. The second kappa shape index (κ2) is 10.3. The number of benzene rings is 2. The summed E-state index contributed by atoms with van der Waals surface area (Å²) in [6, 6.07) is 12.6. The van der Waals surface area contributed by atoms with Gasteiger partial charge in [-0.15, -0.1) is 0 Å². The molecule has 1 aliphatic rings. The van der Waals surface area contributed by atoms with Crippen molar-refractivity contribution in [3.63, 3.8) is 0 Å². The topological polar surface area (TPSA) is 67.9 Å². The fourth-order valence-corrected chi connectivity index (χ4v) is 3.83. The quantitative estimate of drug-likeness (QED) is 0.729. The van der Waals surface area contributed by atoms with Crippen molar-refractivity contribution in [1.29, 1.82) is 0 Å². The van der Waals surface area contributed by atoms with Crippen molar-refractivity contribution in [2.24, 2.45) is 5.92 Å². The number of halogens is 1. The standard InChI is InChI=1S/C23H27ClN2O4/c1-29-20-8-7-18(13-21(20)30-2)23(28)26-11-9-16(10-12-26)15-25-22(27)14-17-5-3-4-6-19(17)24/h3-8,13,16H,9-12,14-15H2,1-2H3,(H,25,27). The van der Waals surface area contributed by atoms with Crippen LogP contribution in [-0.2, 0) is 11.2 Å². The largest absolute Gasteiger partial charge is 0.493 e. The Kier molecular flexibility index (Phi) is 7.57. The molecule has 0 bridgehead atoms. The third-order valence-electron chi connectivity index (χ3n) is 5.43. The van der Waals surface area contributed by atoms with Gasteiger partial charge in [-0.2, -0.15) is 0 Å². The number of hydrogen-bond donors (Lipinski definition) is 1. The van der Waals surface area contributed by atoms with Crippen molar-refractivity contribution >= 4 is 23.4 Å². The van der Waals surface area contributed by atoms with Crippen molar-refractivity contribution in [1.82, 2.24) is 10.2 Å². The van der Waals surface area contributed by atoms with E-state index in [1.54, 1.807) is 38.5 Å². The minimum atomic E-state index is -0.0352. The van der Waals surface area contributed by atoms with Crippen LogP contribution < -0.4 is 14.8 Å². The lowest BCUT2D eigenvalue weighted by Gasteiger charge is -2.32. The van der Waals surface area contributed by atoms with Gasteiger partial charge < -0.3 is 19.7 Å². The van der Waals surface area contributed by atoms with E-state index in [9.17, 15) is 9.59 Å². The normalized spacial score (nSPS) is 14.3. The van der Waals surface area contributed by atoms with Crippen LogP contribution in [0.4, 0.5) is 0 Å². The number of amides is 2. The molecular formula is C23H27ClN2O4. The Labute approximate surface area is 182 Å². The van der Waals surface area contributed by atoms with E-state index in [0.29, 0.717) is 47.6 Å². The summed E-state index contributed by atoms with van der Waals surface area (Å²) in [5.41, 5.74) is 1.41. The number of piperidine rings is 1. The van der Waals surface area contributed by atoms with E-state index in [0.717, 1.165) is 18.4 Å². The molecule has 6 nitrogen and oxygen atoms in total. The van der Waals surface area contributed by atoms with Crippen molar-refractivity contribution in [2.75, 3.05) is 33.9 Å². The number of ether oxygens (including phenoxy) is 2. The van der Waals surface area contributed by atoms with E-state index in [1.165, 1.54) is 0 Å². The summed E-state index contributed by atoms with van der Waals surface area (Å²) in [7, 11) is 3.12. The van der Waals surface area contributed by atoms with Crippen LogP contribution in [0.15, 0.2) is 42.5 Å². The third kappa shape index (κ3) is 5.45. The highest BCUT2D eigenvalue weighted by molar-refractivity contribution is 6.31. The molecule has 7 heteroatoms. The lowest BCUT2D eigenvalue weighted by Crippen LogP contribution is -2.41. The van der Waals surface area contributed by atoms with Crippen molar-refractivity contribution in [3.8, 4) is 11.5 Å². The van der Waals surface area contributed by atoms with Crippen LogP contribution in [0.1, 0.15) is 28.8 Å². The number of methoxy groups -OCH3 is 2. The maximum absolute atomic E-state index is 12.8. The Morgan fingerprint density at radius 1 is 1.07 bits per heavy atom. The fraction of sp³-hybridized carbons (Fsp3) is 0.391. The number of nitrogens with one attached hydrogen (secondary N) is 1. The number of rotatable bonds is 7. The fourth-order valence-electron chi connectivity index (χ4n) is 3.63. The molecule has 30 heavy (non-hydrogen) atoms. The molecule has 1 saturated heterocycles. The molecule has 0 aromatic heterocycles. The van der Waals surface area contributed by atoms with Crippen molar-refractivity contribution < 1.29 is 19.1 Å². The van der Waals surface area contributed by atoms with Gasteiger partial charge in [0.05, 0.1) is 20.6 Å². The van der Waals surface area contributed by atoms with Gasteiger partial charge in [0.1, 0.15) is 0 Å². The monoisotopic (exact) mass is 430 g/mol. The molecule has 2 aromatic rings. The number of carbonyl (C=O) groups excluding carboxylic acids is 2. The highest BCUT2D eigenvalue weighted by Gasteiger charge is 2.24. The highest BCUT2D eigenvalue weighted by atomic mass is 35.5. The molecule has 0 unspecified atom stereocenters. The zero-order valence-corrected chi connectivity index (χ0v) is 18.1. The molecule has 1 aliphatic heterocycles. The molecule has 0 radical (unpaired) electrons. The molecule has 0 spiro atoms. The number of carbonyl (C=O) groups is 2. The first kappa shape index (κ1) is 22.0. The van der Waals surface area contributed by atoms with Gasteiger partial charge >= 0.3 is 0 Å². The highest BCUT2D eigenvalue weighted by Crippen LogP contribution is 2.28. The Balaban J connectivity index is 1.47. The smallest absolute Gasteiger partial charge is 0.253 e. The van der Waals surface area contributed by atoms with Gasteiger partial charge in [0.2, 0.25) is 5.91 Å². The van der Waals surface area contributed by atoms with E-state index >= 15 is 0 Å².